The van der Waals surface area contributed by atoms with Crippen molar-refractivity contribution < 1.29 is 4.74 Å². The standard InChI is InChI=1S/C16H28N4O/c1-7-17-13-8-12(2)18-14(19-13)9-20-10-15(3,4)21-16(5,6)11-20/h8H,7,9-11H2,1-6H3,(H,17,18,19). The Morgan fingerprint density at radius 2 is 1.81 bits per heavy atom. The van der Waals surface area contributed by atoms with Gasteiger partial charge < -0.3 is 10.1 Å². The van der Waals surface area contributed by atoms with Gasteiger partial charge >= 0.3 is 0 Å². The van der Waals surface area contributed by atoms with Gasteiger partial charge in [-0.15, -0.1) is 0 Å². The summed E-state index contributed by atoms with van der Waals surface area (Å²) >= 11 is 0. The Morgan fingerprint density at radius 3 is 2.38 bits per heavy atom. The maximum atomic E-state index is 6.12. The fourth-order valence-corrected chi connectivity index (χ4v) is 3.23. The monoisotopic (exact) mass is 292 g/mol. The molecule has 0 atom stereocenters. The predicted molar refractivity (Wildman–Crippen MR) is 85.5 cm³/mol. The van der Waals surface area contributed by atoms with Crippen LogP contribution in [0.15, 0.2) is 6.07 Å². The third-order valence-corrected chi connectivity index (χ3v) is 3.38. The molecule has 0 amide bonds. The van der Waals surface area contributed by atoms with Gasteiger partial charge in [-0.2, -0.15) is 0 Å². The van der Waals surface area contributed by atoms with Gasteiger partial charge in [0, 0.05) is 31.4 Å². The van der Waals surface area contributed by atoms with Crippen LogP contribution in [0.4, 0.5) is 5.82 Å². The minimum Gasteiger partial charge on any atom is -0.370 e. The number of hydrogen-bond donors (Lipinski definition) is 1. The highest BCUT2D eigenvalue weighted by atomic mass is 16.5. The highest BCUT2D eigenvalue weighted by molar-refractivity contribution is 5.35. The Kier molecular flexibility index (Phi) is 4.54. The molecular formula is C16H28N4O. The van der Waals surface area contributed by atoms with Crippen molar-refractivity contribution in [2.24, 2.45) is 0 Å². The largest absolute Gasteiger partial charge is 0.370 e. The van der Waals surface area contributed by atoms with E-state index in [4.69, 9.17) is 4.74 Å². The molecule has 0 saturated carbocycles. The number of nitrogens with one attached hydrogen (secondary N) is 1. The van der Waals surface area contributed by atoms with Gasteiger partial charge in [-0.1, -0.05) is 0 Å². The summed E-state index contributed by atoms with van der Waals surface area (Å²) in [6.07, 6.45) is 0. The first-order valence-electron chi connectivity index (χ1n) is 7.70. The number of anilines is 1. The summed E-state index contributed by atoms with van der Waals surface area (Å²) < 4.78 is 6.12. The van der Waals surface area contributed by atoms with E-state index in [0.29, 0.717) is 0 Å². The molecule has 2 rings (SSSR count). The molecule has 1 N–H and O–H groups in total. The summed E-state index contributed by atoms with van der Waals surface area (Å²) in [6.45, 7) is 16.1. The molecule has 21 heavy (non-hydrogen) atoms. The van der Waals surface area contributed by atoms with Crippen LogP contribution < -0.4 is 5.32 Å². The number of aromatic nitrogens is 2. The molecule has 5 heteroatoms. The van der Waals surface area contributed by atoms with Crippen LogP contribution in [0.1, 0.15) is 46.1 Å². The minimum atomic E-state index is -0.143. The summed E-state index contributed by atoms with van der Waals surface area (Å²) in [5.74, 6) is 1.78. The van der Waals surface area contributed by atoms with Crippen LogP contribution in [0.3, 0.4) is 0 Å². The quantitative estimate of drug-likeness (QED) is 0.924. The van der Waals surface area contributed by atoms with Crippen molar-refractivity contribution in [1.82, 2.24) is 14.9 Å². The molecular weight excluding hydrogens is 264 g/mol. The van der Waals surface area contributed by atoms with E-state index >= 15 is 0 Å². The average Bonchev–Trinajstić information content (AvgIpc) is 2.23. The molecule has 0 aliphatic carbocycles. The van der Waals surface area contributed by atoms with E-state index in [2.05, 4.69) is 54.8 Å². The minimum absolute atomic E-state index is 0.143. The molecule has 1 saturated heterocycles. The molecule has 1 aliphatic rings. The Bertz CT molecular complexity index is 483. The fraction of sp³-hybridized carbons (Fsp3) is 0.750. The van der Waals surface area contributed by atoms with Crippen LogP contribution in [0, 0.1) is 6.92 Å². The van der Waals surface area contributed by atoms with Crippen molar-refractivity contribution in [1.29, 1.82) is 0 Å². The van der Waals surface area contributed by atoms with Crippen molar-refractivity contribution in [2.45, 2.75) is 59.3 Å². The number of ether oxygens (including phenoxy) is 1. The van der Waals surface area contributed by atoms with E-state index in [1.165, 1.54) is 0 Å². The van der Waals surface area contributed by atoms with Crippen LogP contribution in [0.25, 0.3) is 0 Å². The van der Waals surface area contributed by atoms with Crippen LogP contribution in [-0.2, 0) is 11.3 Å². The Hall–Kier alpha value is -1.20. The van der Waals surface area contributed by atoms with E-state index in [0.717, 1.165) is 43.5 Å². The first-order valence-corrected chi connectivity index (χ1v) is 7.70. The van der Waals surface area contributed by atoms with E-state index in [-0.39, 0.29) is 11.2 Å². The Morgan fingerprint density at radius 1 is 1.19 bits per heavy atom. The molecule has 1 fully saturated rings. The van der Waals surface area contributed by atoms with Gasteiger partial charge in [-0.3, -0.25) is 4.90 Å². The number of nitrogens with zero attached hydrogens (tertiary/aromatic N) is 3. The lowest BCUT2D eigenvalue weighted by Crippen LogP contribution is -2.56. The van der Waals surface area contributed by atoms with Crippen molar-refractivity contribution in [3.05, 3.63) is 17.6 Å². The summed E-state index contributed by atoms with van der Waals surface area (Å²) in [6, 6.07) is 1.99. The molecule has 0 bridgehead atoms. The Labute approximate surface area is 128 Å². The van der Waals surface area contributed by atoms with Crippen LogP contribution in [0.5, 0.6) is 0 Å². The highest BCUT2D eigenvalue weighted by Crippen LogP contribution is 2.28. The van der Waals surface area contributed by atoms with Crippen molar-refractivity contribution in [3.8, 4) is 0 Å². The summed E-state index contributed by atoms with van der Waals surface area (Å²) in [4.78, 5) is 11.6. The first-order chi connectivity index (χ1) is 9.69. The second kappa shape index (κ2) is 5.89. The van der Waals surface area contributed by atoms with Gasteiger partial charge in [0.05, 0.1) is 17.7 Å². The van der Waals surface area contributed by atoms with Gasteiger partial charge in [0.25, 0.3) is 0 Å². The normalized spacial score (nSPS) is 21.2. The van der Waals surface area contributed by atoms with Crippen LogP contribution in [0.2, 0.25) is 0 Å². The summed E-state index contributed by atoms with van der Waals surface area (Å²) in [7, 11) is 0. The lowest BCUT2D eigenvalue weighted by molar-refractivity contribution is -0.182. The number of rotatable bonds is 4. The van der Waals surface area contributed by atoms with Gasteiger partial charge in [-0.05, 0) is 41.5 Å². The zero-order valence-electron chi connectivity index (χ0n) is 14.2. The van der Waals surface area contributed by atoms with Gasteiger partial charge in [0.2, 0.25) is 0 Å². The van der Waals surface area contributed by atoms with Gasteiger partial charge in [-0.25, -0.2) is 9.97 Å². The molecule has 118 valence electrons. The van der Waals surface area contributed by atoms with Crippen molar-refractivity contribution in [2.75, 3.05) is 25.0 Å². The maximum absolute atomic E-state index is 6.12. The van der Waals surface area contributed by atoms with Gasteiger partial charge in [0.15, 0.2) is 0 Å². The molecule has 0 unspecified atom stereocenters. The van der Waals surface area contributed by atoms with Crippen molar-refractivity contribution in [3.63, 3.8) is 0 Å². The van der Waals surface area contributed by atoms with Crippen LogP contribution >= 0.6 is 0 Å². The third kappa shape index (κ3) is 4.64. The molecule has 1 aromatic rings. The lowest BCUT2D eigenvalue weighted by atomic mass is 9.99. The zero-order chi connectivity index (χ0) is 15.7. The third-order valence-electron chi connectivity index (χ3n) is 3.38. The first kappa shape index (κ1) is 16.2. The highest BCUT2D eigenvalue weighted by Gasteiger charge is 2.38. The number of hydrogen-bond acceptors (Lipinski definition) is 5. The van der Waals surface area contributed by atoms with E-state index in [1.807, 2.05) is 13.0 Å². The zero-order valence-corrected chi connectivity index (χ0v) is 14.2. The smallest absolute Gasteiger partial charge is 0.144 e. The Balaban J connectivity index is 2.13. The van der Waals surface area contributed by atoms with E-state index in [1.54, 1.807) is 0 Å². The molecule has 0 aromatic carbocycles. The predicted octanol–water partition coefficient (Wildman–Crippen LogP) is 2.61. The summed E-state index contributed by atoms with van der Waals surface area (Å²) in [5.41, 5.74) is 0.717. The molecule has 1 aromatic heterocycles. The number of aryl methyl sites for hydroxylation is 1. The second-order valence-electron chi connectivity index (χ2n) is 7.11. The van der Waals surface area contributed by atoms with Crippen LogP contribution in [-0.4, -0.2) is 45.7 Å². The number of morpholine rings is 1. The molecule has 5 nitrogen and oxygen atoms in total. The molecule has 0 radical (unpaired) electrons. The fourth-order valence-electron chi connectivity index (χ4n) is 3.23. The lowest BCUT2D eigenvalue weighted by Gasteiger charge is -2.47. The summed E-state index contributed by atoms with van der Waals surface area (Å²) in [5, 5.41) is 3.26. The molecule has 2 heterocycles. The maximum Gasteiger partial charge on any atom is 0.144 e. The van der Waals surface area contributed by atoms with Gasteiger partial charge in [0.1, 0.15) is 11.6 Å². The van der Waals surface area contributed by atoms with E-state index < -0.39 is 0 Å². The molecule has 1 aliphatic heterocycles. The topological polar surface area (TPSA) is 50.3 Å². The SMILES string of the molecule is CCNc1cc(C)nc(CN2CC(C)(C)OC(C)(C)C2)n1. The van der Waals surface area contributed by atoms with Crippen molar-refractivity contribution >= 4 is 5.82 Å². The van der Waals surface area contributed by atoms with E-state index in [9.17, 15) is 0 Å². The molecule has 0 spiro atoms. The second-order valence-corrected chi connectivity index (χ2v) is 7.11. The average molecular weight is 292 g/mol.